The number of amides is 2. The maximum atomic E-state index is 14.7. The highest BCUT2D eigenvalue weighted by atomic mass is 32.2. The number of halogens is 1. The molecule has 0 radical (unpaired) electrons. The average molecular weight is 526 g/mol. The van der Waals surface area contributed by atoms with E-state index in [0.717, 1.165) is 25.3 Å². The zero-order valence-corrected chi connectivity index (χ0v) is 21.2. The van der Waals surface area contributed by atoms with Crippen LogP contribution >= 0.6 is 0 Å². The lowest BCUT2D eigenvalue weighted by atomic mass is 10.1. The minimum atomic E-state index is -4.33. The molecule has 3 aromatic carbocycles. The van der Waals surface area contributed by atoms with Crippen molar-refractivity contribution in [2.75, 3.05) is 36.4 Å². The van der Waals surface area contributed by atoms with Gasteiger partial charge in [-0.3, -0.25) is 13.9 Å². The number of piperidine rings is 1. The summed E-state index contributed by atoms with van der Waals surface area (Å²) in [6.07, 6.45) is 2.90. The van der Waals surface area contributed by atoms with Crippen LogP contribution in [0, 0.1) is 5.82 Å². The van der Waals surface area contributed by atoms with Crippen molar-refractivity contribution in [1.82, 2.24) is 4.90 Å². The molecule has 0 spiro atoms. The SMILES string of the molecule is COc1ccc(S(=O)(=O)N(CC(=O)Nc2ccccc2C(=O)N2CCCCC2)c2ccccc2F)cc1. The van der Waals surface area contributed by atoms with Gasteiger partial charge in [-0.2, -0.15) is 0 Å². The predicted octanol–water partition coefficient (Wildman–Crippen LogP) is 4.29. The Balaban J connectivity index is 1.62. The molecule has 194 valence electrons. The van der Waals surface area contributed by atoms with E-state index in [-0.39, 0.29) is 22.2 Å². The van der Waals surface area contributed by atoms with Crippen molar-refractivity contribution >= 4 is 33.2 Å². The highest BCUT2D eigenvalue weighted by Crippen LogP contribution is 2.28. The van der Waals surface area contributed by atoms with Crippen LogP contribution < -0.4 is 14.4 Å². The molecule has 10 heteroatoms. The quantitative estimate of drug-likeness (QED) is 0.473. The van der Waals surface area contributed by atoms with Gasteiger partial charge in [0, 0.05) is 13.1 Å². The minimum Gasteiger partial charge on any atom is -0.497 e. The number of anilines is 2. The third kappa shape index (κ3) is 5.91. The fraction of sp³-hybridized carbons (Fsp3) is 0.259. The lowest BCUT2D eigenvalue weighted by molar-refractivity contribution is -0.114. The Hall–Kier alpha value is -3.92. The number of carbonyl (C=O) groups excluding carboxylic acids is 2. The number of para-hydroxylation sites is 2. The molecule has 0 bridgehead atoms. The summed E-state index contributed by atoms with van der Waals surface area (Å²) in [5.74, 6) is -1.27. The molecule has 1 saturated heterocycles. The Morgan fingerprint density at radius 3 is 2.27 bits per heavy atom. The van der Waals surface area contributed by atoms with Gasteiger partial charge >= 0.3 is 0 Å². The zero-order valence-electron chi connectivity index (χ0n) is 20.4. The lowest BCUT2D eigenvalue weighted by Crippen LogP contribution is -2.39. The number of rotatable bonds is 8. The first-order chi connectivity index (χ1) is 17.8. The van der Waals surface area contributed by atoms with Gasteiger partial charge in [-0.1, -0.05) is 24.3 Å². The van der Waals surface area contributed by atoms with Crippen molar-refractivity contribution in [2.24, 2.45) is 0 Å². The maximum absolute atomic E-state index is 14.7. The van der Waals surface area contributed by atoms with Gasteiger partial charge < -0.3 is 15.0 Å². The monoisotopic (exact) mass is 525 g/mol. The fourth-order valence-electron chi connectivity index (χ4n) is 4.19. The van der Waals surface area contributed by atoms with Gasteiger partial charge in [-0.15, -0.1) is 0 Å². The molecule has 2 amide bonds. The number of nitrogens with zero attached hydrogens (tertiary/aromatic N) is 2. The van der Waals surface area contributed by atoms with Crippen molar-refractivity contribution < 1.29 is 27.1 Å². The third-order valence-electron chi connectivity index (χ3n) is 6.13. The molecule has 8 nitrogen and oxygen atoms in total. The maximum Gasteiger partial charge on any atom is 0.264 e. The van der Waals surface area contributed by atoms with Gasteiger partial charge in [0.05, 0.1) is 28.9 Å². The number of benzene rings is 3. The van der Waals surface area contributed by atoms with Crippen LogP contribution in [0.5, 0.6) is 5.75 Å². The number of ether oxygens (including phenoxy) is 1. The summed E-state index contributed by atoms with van der Waals surface area (Å²) in [6, 6.07) is 17.5. The first kappa shape index (κ1) is 26.2. The van der Waals surface area contributed by atoms with E-state index in [2.05, 4.69) is 5.32 Å². The Morgan fingerprint density at radius 1 is 0.946 bits per heavy atom. The molecule has 1 aliphatic heterocycles. The summed E-state index contributed by atoms with van der Waals surface area (Å²) in [5.41, 5.74) is 0.303. The van der Waals surface area contributed by atoms with Gasteiger partial charge in [0.25, 0.3) is 15.9 Å². The van der Waals surface area contributed by atoms with Crippen molar-refractivity contribution in [2.45, 2.75) is 24.2 Å². The normalized spacial score (nSPS) is 13.6. The molecule has 0 aliphatic carbocycles. The van der Waals surface area contributed by atoms with Crippen LogP contribution in [0.15, 0.2) is 77.7 Å². The second-order valence-electron chi connectivity index (χ2n) is 8.59. The number of carbonyl (C=O) groups is 2. The minimum absolute atomic E-state index is 0.134. The first-order valence-corrected chi connectivity index (χ1v) is 13.3. The highest BCUT2D eigenvalue weighted by molar-refractivity contribution is 7.92. The van der Waals surface area contributed by atoms with Crippen molar-refractivity contribution in [3.05, 3.63) is 84.2 Å². The zero-order chi connectivity index (χ0) is 26.4. The molecule has 1 fully saturated rings. The van der Waals surface area contributed by atoms with E-state index in [0.29, 0.717) is 28.7 Å². The fourth-order valence-corrected chi connectivity index (χ4v) is 5.62. The lowest BCUT2D eigenvalue weighted by Gasteiger charge is -2.28. The van der Waals surface area contributed by atoms with Crippen molar-refractivity contribution in [1.29, 1.82) is 0 Å². The molecule has 1 N–H and O–H groups in total. The van der Waals surface area contributed by atoms with E-state index in [4.69, 9.17) is 4.74 Å². The Kier molecular flexibility index (Phi) is 8.08. The van der Waals surface area contributed by atoms with E-state index in [1.54, 1.807) is 29.2 Å². The van der Waals surface area contributed by atoms with Crippen LogP contribution in [0.3, 0.4) is 0 Å². The molecule has 37 heavy (non-hydrogen) atoms. The first-order valence-electron chi connectivity index (χ1n) is 11.9. The Labute approximate surface area is 215 Å². The Morgan fingerprint density at radius 2 is 1.59 bits per heavy atom. The summed E-state index contributed by atoms with van der Waals surface area (Å²) in [6.45, 7) is 0.575. The Bertz CT molecular complexity index is 1370. The van der Waals surface area contributed by atoms with Gasteiger partial charge in [-0.25, -0.2) is 12.8 Å². The molecule has 3 aromatic rings. The number of sulfonamides is 1. The number of hydrogen-bond acceptors (Lipinski definition) is 5. The van der Waals surface area contributed by atoms with E-state index in [1.165, 1.54) is 49.6 Å². The topological polar surface area (TPSA) is 96.0 Å². The second kappa shape index (κ2) is 11.4. The number of hydrogen-bond donors (Lipinski definition) is 1. The molecule has 4 rings (SSSR count). The van der Waals surface area contributed by atoms with Crippen molar-refractivity contribution in [3.8, 4) is 5.75 Å². The van der Waals surface area contributed by atoms with Crippen molar-refractivity contribution in [3.63, 3.8) is 0 Å². The number of nitrogens with one attached hydrogen (secondary N) is 1. The van der Waals surface area contributed by atoms with Crippen LogP contribution in [0.25, 0.3) is 0 Å². The van der Waals surface area contributed by atoms with Gasteiger partial charge in [0.2, 0.25) is 5.91 Å². The molecular formula is C27H28FN3O5S. The van der Waals surface area contributed by atoms with Crippen LogP contribution in [-0.4, -0.2) is 51.9 Å². The third-order valence-corrected chi connectivity index (χ3v) is 7.90. The molecule has 1 aliphatic rings. The number of likely N-dealkylation sites (tertiary alicyclic amines) is 1. The molecular weight excluding hydrogens is 497 g/mol. The summed E-state index contributed by atoms with van der Waals surface area (Å²) >= 11 is 0. The van der Waals surface area contributed by atoms with E-state index < -0.39 is 28.3 Å². The molecule has 1 heterocycles. The molecule has 0 saturated carbocycles. The second-order valence-corrected chi connectivity index (χ2v) is 10.4. The van der Waals surface area contributed by atoms with Gasteiger partial charge in [-0.05, 0) is 67.8 Å². The number of methoxy groups -OCH3 is 1. The van der Waals surface area contributed by atoms with Crippen LogP contribution in [0.1, 0.15) is 29.6 Å². The summed E-state index contributed by atoms with van der Waals surface area (Å²) in [4.78, 5) is 27.9. The van der Waals surface area contributed by atoms with E-state index >= 15 is 0 Å². The van der Waals surface area contributed by atoms with E-state index in [1.807, 2.05) is 0 Å². The summed E-state index contributed by atoms with van der Waals surface area (Å²) in [5, 5.41) is 2.66. The van der Waals surface area contributed by atoms with Crippen LogP contribution in [0.4, 0.5) is 15.8 Å². The van der Waals surface area contributed by atoms with Gasteiger partial charge in [0.15, 0.2) is 0 Å². The molecule has 0 atom stereocenters. The smallest absolute Gasteiger partial charge is 0.264 e. The molecule has 0 unspecified atom stereocenters. The van der Waals surface area contributed by atoms with Crippen LogP contribution in [-0.2, 0) is 14.8 Å². The summed E-state index contributed by atoms with van der Waals surface area (Å²) in [7, 11) is -2.88. The van der Waals surface area contributed by atoms with Crippen LogP contribution in [0.2, 0.25) is 0 Å². The average Bonchev–Trinajstić information content (AvgIpc) is 2.92. The predicted molar refractivity (Wildman–Crippen MR) is 139 cm³/mol. The molecule has 0 aromatic heterocycles. The standard InChI is InChI=1S/C27H28FN3O5S/c1-36-20-13-15-21(16-14-20)37(34,35)31(25-12-6-4-10-23(25)28)19-26(32)29-24-11-5-3-9-22(24)27(33)30-17-7-2-8-18-30/h3-6,9-16H,2,7-8,17-19H2,1H3,(H,29,32). The largest absolute Gasteiger partial charge is 0.497 e. The highest BCUT2D eigenvalue weighted by Gasteiger charge is 2.30. The summed E-state index contributed by atoms with van der Waals surface area (Å²) < 4.78 is 47.6. The van der Waals surface area contributed by atoms with Gasteiger partial charge in [0.1, 0.15) is 18.1 Å². The van der Waals surface area contributed by atoms with E-state index in [9.17, 15) is 22.4 Å².